The minimum absolute atomic E-state index is 0.154. The maximum atomic E-state index is 12.3. The molecule has 0 radical (unpaired) electrons. The molecule has 0 unspecified atom stereocenters. The molecule has 1 aliphatic rings. The fraction of sp³-hybridized carbons (Fsp3) is 0.100. The van der Waals surface area contributed by atoms with Crippen molar-refractivity contribution in [1.29, 1.82) is 0 Å². The van der Waals surface area contributed by atoms with Gasteiger partial charge in [-0.1, -0.05) is 0 Å². The average Bonchev–Trinajstić information content (AvgIpc) is 3.43. The minimum atomic E-state index is -0.623. The maximum absolute atomic E-state index is 12.3. The predicted molar refractivity (Wildman–Crippen MR) is 111 cm³/mol. The summed E-state index contributed by atoms with van der Waals surface area (Å²) >= 11 is 0. The van der Waals surface area contributed by atoms with E-state index in [4.69, 9.17) is 5.73 Å². The third kappa shape index (κ3) is 4.24. The number of urea groups is 1. The number of amides is 3. The molecule has 1 aliphatic heterocycles. The van der Waals surface area contributed by atoms with Crippen molar-refractivity contribution in [2.24, 2.45) is 10.7 Å². The molecule has 0 saturated heterocycles. The normalized spacial score (nSPS) is 13.4. The van der Waals surface area contributed by atoms with Crippen molar-refractivity contribution in [2.45, 2.75) is 6.42 Å². The van der Waals surface area contributed by atoms with Crippen LogP contribution in [0.25, 0.3) is 11.6 Å². The minimum Gasteiger partial charge on any atom is -0.361 e. The highest BCUT2D eigenvalue weighted by Crippen LogP contribution is 2.34. The van der Waals surface area contributed by atoms with Gasteiger partial charge in [0, 0.05) is 59.8 Å². The first-order valence-electron chi connectivity index (χ1n) is 8.99. The first-order valence-corrected chi connectivity index (χ1v) is 8.99. The topological polar surface area (TPSA) is 141 Å². The van der Waals surface area contributed by atoms with Gasteiger partial charge in [0.25, 0.3) is 5.91 Å². The van der Waals surface area contributed by atoms with E-state index < -0.39 is 6.03 Å². The Hall–Kier alpha value is -4.14. The number of anilines is 1. The van der Waals surface area contributed by atoms with Gasteiger partial charge in [-0.05, 0) is 30.3 Å². The summed E-state index contributed by atoms with van der Waals surface area (Å²) in [5.41, 5.74) is 10.6. The number of rotatable bonds is 6. The second-order valence-corrected chi connectivity index (χ2v) is 6.51. The van der Waals surface area contributed by atoms with Crippen molar-refractivity contribution in [1.82, 2.24) is 20.3 Å². The summed E-state index contributed by atoms with van der Waals surface area (Å²) in [7, 11) is 0. The van der Waals surface area contributed by atoms with E-state index in [9.17, 15) is 9.59 Å². The van der Waals surface area contributed by atoms with Crippen LogP contribution in [0.15, 0.2) is 48.0 Å². The number of aliphatic imine (C=N–C) groups is 1. The van der Waals surface area contributed by atoms with E-state index in [0.29, 0.717) is 24.2 Å². The number of carbonyl (C=O) groups is 2. The Balaban J connectivity index is 1.44. The van der Waals surface area contributed by atoms with Gasteiger partial charge in [-0.3, -0.25) is 9.79 Å². The first kappa shape index (κ1) is 18.2. The van der Waals surface area contributed by atoms with E-state index in [1.165, 1.54) is 0 Å². The molecule has 0 bridgehead atoms. The zero-order valence-electron chi connectivity index (χ0n) is 15.4. The number of nitrogens with two attached hydrogens (primary N) is 1. The van der Waals surface area contributed by atoms with Gasteiger partial charge in [-0.2, -0.15) is 0 Å². The number of nitrogens with zero attached hydrogens (tertiary/aromatic N) is 2. The molecule has 3 amide bonds. The number of imidazole rings is 1. The molecule has 0 saturated carbocycles. The molecule has 6 N–H and O–H groups in total. The number of benzene rings is 1. The van der Waals surface area contributed by atoms with E-state index in [-0.39, 0.29) is 5.91 Å². The number of carbonyl (C=O) groups excluding carboxylic acids is 2. The molecule has 0 fully saturated rings. The number of fused-ring (bicyclic) bond motifs is 1. The molecule has 146 valence electrons. The molecule has 29 heavy (non-hydrogen) atoms. The lowest BCUT2D eigenvalue weighted by atomic mass is 10.1. The van der Waals surface area contributed by atoms with Crippen LogP contribution in [0.3, 0.4) is 0 Å². The van der Waals surface area contributed by atoms with Crippen LogP contribution in [0.1, 0.15) is 27.3 Å². The molecule has 4 rings (SSSR count). The Kier molecular flexibility index (Phi) is 4.93. The van der Waals surface area contributed by atoms with Crippen molar-refractivity contribution in [3.63, 3.8) is 0 Å². The van der Waals surface area contributed by atoms with Crippen molar-refractivity contribution in [3.05, 3.63) is 65.5 Å². The number of aromatic amines is 2. The average molecular weight is 389 g/mol. The van der Waals surface area contributed by atoms with E-state index >= 15 is 0 Å². The number of allylic oxidation sites excluding steroid dienone is 1. The standard InChI is InChI=1S/C20H19N7O2/c21-20(29)27-14-1-2-18-17(7-14)12(8-25-18)5-16-6-13(9-24-16)19(28)23-4-3-15-10-22-11-26-15/h1-2,5-11,24H,3-4H2,(H,22,26)(H,23,28)(H3,21,27,29). The van der Waals surface area contributed by atoms with Crippen molar-refractivity contribution >= 4 is 41.2 Å². The fourth-order valence-electron chi connectivity index (χ4n) is 3.05. The summed E-state index contributed by atoms with van der Waals surface area (Å²) in [5.74, 6) is -0.154. The molecule has 2 aromatic heterocycles. The summed E-state index contributed by atoms with van der Waals surface area (Å²) in [4.78, 5) is 37.8. The summed E-state index contributed by atoms with van der Waals surface area (Å²) in [5, 5.41) is 5.44. The second kappa shape index (κ2) is 7.85. The Labute approximate surface area is 166 Å². The maximum Gasteiger partial charge on any atom is 0.316 e. The van der Waals surface area contributed by atoms with Gasteiger partial charge in [0.05, 0.1) is 17.6 Å². The van der Waals surface area contributed by atoms with Crippen LogP contribution in [0.2, 0.25) is 0 Å². The lowest BCUT2D eigenvalue weighted by Gasteiger charge is -2.05. The Morgan fingerprint density at radius 2 is 2.10 bits per heavy atom. The van der Waals surface area contributed by atoms with Gasteiger partial charge in [0.15, 0.2) is 0 Å². The van der Waals surface area contributed by atoms with Gasteiger partial charge < -0.3 is 26.3 Å². The lowest BCUT2D eigenvalue weighted by Crippen LogP contribution is -2.25. The molecule has 1 aromatic carbocycles. The molecule has 0 atom stereocenters. The summed E-state index contributed by atoms with van der Waals surface area (Å²) in [6.07, 6.45) is 9.32. The molecule has 3 heterocycles. The number of aromatic nitrogens is 3. The van der Waals surface area contributed by atoms with Gasteiger partial charge in [0.1, 0.15) is 0 Å². The predicted octanol–water partition coefficient (Wildman–Crippen LogP) is 2.46. The molecule has 3 aromatic rings. The monoisotopic (exact) mass is 389 g/mol. The second-order valence-electron chi connectivity index (χ2n) is 6.51. The van der Waals surface area contributed by atoms with E-state index in [2.05, 4.69) is 30.6 Å². The number of hydrogen-bond donors (Lipinski definition) is 5. The van der Waals surface area contributed by atoms with Crippen LogP contribution >= 0.6 is 0 Å². The largest absolute Gasteiger partial charge is 0.361 e. The van der Waals surface area contributed by atoms with Gasteiger partial charge in [-0.25, -0.2) is 9.78 Å². The summed E-state index contributed by atoms with van der Waals surface area (Å²) in [6.45, 7) is 0.512. The smallest absolute Gasteiger partial charge is 0.316 e. The Bertz CT molecular complexity index is 1110. The van der Waals surface area contributed by atoms with Crippen molar-refractivity contribution in [3.8, 4) is 0 Å². The first-order chi connectivity index (χ1) is 14.1. The summed E-state index contributed by atoms with van der Waals surface area (Å²) < 4.78 is 0. The molecule has 0 aliphatic carbocycles. The third-order valence-electron chi connectivity index (χ3n) is 4.43. The van der Waals surface area contributed by atoms with Gasteiger partial charge >= 0.3 is 6.03 Å². The molecule has 9 nitrogen and oxygen atoms in total. The van der Waals surface area contributed by atoms with E-state index in [0.717, 1.165) is 28.2 Å². The van der Waals surface area contributed by atoms with Crippen LogP contribution in [0.4, 0.5) is 16.2 Å². The van der Waals surface area contributed by atoms with Crippen LogP contribution < -0.4 is 16.4 Å². The fourth-order valence-corrected chi connectivity index (χ4v) is 3.05. The zero-order valence-corrected chi connectivity index (χ0v) is 15.4. The highest BCUT2D eigenvalue weighted by Gasteiger charge is 2.14. The highest BCUT2D eigenvalue weighted by molar-refractivity contribution is 6.21. The van der Waals surface area contributed by atoms with Gasteiger partial charge in [-0.15, -0.1) is 0 Å². The van der Waals surface area contributed by atoms with E-state index in [1.807, 2.05) is 18.2 Å². The zero-order chi connectivity index (χ0) is 20.2. The SMILES string of the molecule is NC(=O)Nc1ccc2c(c1)C(=Cc1cc(C(=O)NCCc3cnc[nH]3)c[nH]1)C=N2. The quantitative estimate of drug-likeness (QED) is 0.442. The highest BCUT2D eigenvalue weighted by atomic mass is 16.2. The number of primary amides is 1. The number of nitrogens with one attached hydrogen (secondary N) is 4. The number of H-pyrrole nitrogens is 2. The molecule has 9 heteroatoms. The number of hydrogen-bond acceptors (Lipinski definition) is 4. The van der Waals surface area contributed by atoms with Crippen molar-refractivity contribution < 1.29 is 9.59 Å². The molecular weight excluding hydrogens is 370 g/mol. The van der Waals surface area contributed by atoms with Crippen LogP contribution in [0.5, 0.6) is 0 Å². The van der Waals surface area contributed by atoms with Crippen molar-refractivity contribution in [2.75, 3.05) is 11.9 Å². The Morgan fingerprint density at radius 3 is 2.90 bits per heavy atom. The van der Waals surface area contributed by atoms with Crippen LogP contribution in [0, 0.1) is 0 Å². The van der Waals surface area contributed by atoms with Crippen LogP contribution in [-0.4, -0.2) is 39.6 Å². The Morgan fingerprint density at radius 1 is 1.21 bits per heavy atom. The molecule has 0 spiro atoms. The van der Waals surface area contributed by atoms with Crippen LogP contribution in [-0.2, 0) is 6.42 Å². The lowest BCUT2D eigenvalue weighted by molar-refractivity contribution is 0.0954. The summed E-state index contributed by atoms with van der Waals surface area (Å²) in [6, 6.07) is 6.51. The van der Waals surface area contributed by atoms with E-state index in [1.54, 1.807) is 37.1 Å². The van der Waals surface area contributed by atoms with Gasteiger partial charge in [0.2, 0.25) is 0 Å². The molecular formula is C20H19N7O2. The third-order valence-corrected chi connectivity index (χ3v) is 4.43.